The summed E-state index contributed by atoms with van der Waals surface area (Å²) in [4.78, 5) is 16.4. The summed E-state index contributed by atoms with van der Waals surface area (Å²) in [7, 11) is 1.59. The Morgan fingerprint density at radius 2 is 2.07 bits per heavy atom. The van der Waals surface area contributed by atoms with E-state index in [4.69, 9.17) is 18.4 Å². The monoisotopic (exact) mass is 378 g/mol. The lowest BCUT2D eigenvalue weighted by Gasteiger charge is -2.01. The molecule has 0 aliphatic rings. The summed E-state index contributed by atoms with van der Waals surface area (Å²) in [5, 5.41) is 4.82. The molecule has 0 radical (unpaired) electrons. The van der Waals surface area contributed by atoms with Crippen molar-refractivity contribution < 1.29 is 23.2 Å². The highest BCUT2D eigenvalue weighted by Crippen LogP contribution is 2.24. The van der Waals surface area contributed by atoms with Crippen molar-refractivity contribution in [3.05, 3.63) is 65.7 Å². The second kappa shape index (κ2) is 7.56. The van der Waals surface area contributed by atoms with Crippen LogP contribution in [0.15, 0.2) is 57.7 Å². The van der Waals surface area contributed by atoms with Crippen LogP contribution in [-0.2, 0) is 22.6 Å². The van der Waals surface area contributed by atoms with E-state index in [-0.39, 0.29) is 18.9 Å². The summed E-state index contributed by atoms with van der Waals surface area (Å²) in [6.45, 7) is 1.89. The zero-order chi connectivity index (χ0) is 19.5. The highest BCUT2D eigenvalue weighted by Gasteiger charge is 2.14. The van der Waals surface area contributed by atoms with Gasteiger partial charge in [-0.1, -0.05) is 29.4 Å². The molecule has 28 heavy (non-hydrogen) atoms. The van der Waals surface area contributed by atoms with Gasteiger partial charge in [0.25, 0.3) is 5.89 Å². The van der Waals surface area contributed by atoms with Crippen molar-refractivity contribution >= 4 is 16.9 Å². The van der Waals surface area contributed by atoms with E-state index in [2.05, 4.69) is 10.1 Å². The molecule has 2 heterocycles. The van der Waals surface area contributed by atoms with Gasteiger partial charge in [-0.3, -0.25) is 4.79 Å². The highest BCUT2D eigenvalue weighted by atomic mass is 16.6. The number of rotatable bonds is 6. The lowest BCUT2D eigenvalue weighted by atomic mass is 10.1. The van der Waals surface area contributed by atoms with E-state index in [1.807, 2.05) is 43.3 Å². The fraction of sp³-hybridized carbons (Fsp3) is 0.190. The minimum atomic E-state index is -0.399. The standard InChI is InChI=1S/C21H18N2O5/c1-13-6-7-17-15(11-26-18(17)8-13)10-20(24)27-12-19-22-21(23-28-19)14-4-3-5-16(9-14)25-2/h3-9,11H,10,12H2,1-2H3. The fourth-order valence-corrected chi connectivity index (χ4v) is 2.87. The SMILES string of the molecule is COc1cccc(-c2noc(COC(=O)Cc3coc4cc(C)ccc34)n2)c1. The molecule has 0 amide bonds. The van der Waals surface area contributed by atoms with Crippen LogP contribution in [0.2, 0.25) is 0 Å². The van der Waals surface area contributed by atoms with Gasteiger partial charge in [-0.2, -0.15) is 4.98 Å². The van der Waals surface area contributed by atoms with Crippen molar-refractivity contribution in [2.75, 3.05) is 7.11 Å². The first-order valence-electron chi connectivity index (χ1n) is 8.72. The van der Waals surface area contributed by atoms with E-state index in [0.29, 0.717) is 11.6 Å². The smallest absolute Gasteiger partial charge is 0.310 e. The van der Waals surface area contributed by atoms with Gasteiger partial charge in [0.05, 0.1) is 19.8 Å². The van der Waals surface area contributed by atoms with E-state index < -0.39 is 5.97 Å². The van der Waals surface area contributed by atoms with Gasteiger partial charge in [0.2, 0.25) is 5.82 Å². The molecule has 4 rings (SSSR count). The maximum atomic E-state index is 12.2. The molecule has 0 bridgehead atoms. The third kappa shape index (κ3) is 3.73. The maximum Gasteiger partial charge on any atom is 0.310 e. The van der Waals surface area contributed by atoms with E-state index in [1.165, 1.54) is 0 Å². The Morgan fingerprint density at radius 1 is 1.18 bits per heavy atom. The van der Waals surface area contributed by atoms with Crippen molar-refractivity contribution in [1.29, 1.82) is 0 Å². The van der Waals surface area contributed by atoms with Crippen molar-refractivity contribution in [3.8, 4) is 17.1 Å². The Labute approximate surface area is 160 Å². The quantitative estimate of drug-likeness (QED) is 0.467. The molecule has 0 N–H and O–H groups in total. The summed E-state index contributed by atoms with van der Waals surface area (Å²) in [5.74, 6) is 0.919. The Bertz CT molecular complexity index is 1130. The highest BCUT2D eigenvalue weighted by molar-refractivity contribution is 5.86. The summed E-state index contributed by atoms with van der Waals surface area (Å²) in [6, 6.07) is 13.2. The Balaban J connectivity index is 1.39. The van der Waals surface area contributed by atoms with Crippen LogP contribution in [0.5, 0.6) is 5.75 Å². The van der Waals surface area contributed by atoms with Crippen molar-refractivity contribution in [1.82, 2.24) is 10.1 Å². The van der Waals surface area contributed by atoms with Crippen LogP contribution in [0.1, 0.15) is 17.0 Å². The minimum absolute atomic E-state index is 0.0926. The van der Waals surface area contributed by atoms with Crippen molar-refractivity contribution in [3.63, 3.8) is 0 Å². The third-order valence-corrected chi connectivity index (χ3v) is 4.30. The van der Waals surface area contributed by atoms with Gasteiger partial charge in [-0.05, 0) is 30.7 Å². The number of aryl methyl sites for hydroxylation is 1. The molecule has 0 fully saturated rings. The van der Waals surface area contributed by atoms with Gasteiger partial charge in [0.1, 0.15) is 11.3 Å². The number of carbonyl (C=O) groups is 1. The number of hydrogen-bond acceptors (Lipinski definition) is 7. The molecular formula is C21H18N2O5. The molecule has 0 unspecified atom stereocenters. The van der Waals surface area contributed by atoms with E-state index in [0.717, 1.165) is 27.7 Å². The van der Waals surface area contributed by atoms with E-state index in [9.17, 15) is 4.79 Å². The molecule has 0 saturated carbocycles. The summed E-state index contributed by atoms with van der Waals surface area (Å²) < 4.78 is 21.1. The summed E-state index contributed by atoms with van der Waals surface area (Å²) >= 11 is 0. The van der Waals surface area contributed by atoms with Gasteiger partial charge in [0.15, 0.2) is 6.61 Å². The lowest BCUT2D eigenvalue weighted by Crippen LogP contribution is -2.07. The molecule has 7 nitrogen and oxygen atoms in total. The van der Waals surface area contributed by atoms with Crippen LogP contribution >= 0.6 is 0 Å². The summed E-state index contributed by atoms with van der Waals surface area (Å²) in [6.07, 6.45) is 1.69. The number of benzene rings is 2. The number of methoxy groups -OCH3 is 1. The molecule has 2 aromatic carbocycles. The largest absolute Gasteiger partial charge is 0.497 e. The number of hydrogen-bond donors (Lipinski definition) is 0. The first-order valence-corrected chi connectivity index (χ1v) is 8.72. The first-order chi connectivity index (χ1) is 13.6. The molecule has 0 aliphatic carbocycles. The second-order valence-electron chi connectivity index (χ2n) is 6.34. The number of nitrogens with zero attached hydrogens (tertiary/aromatic N) is 2. The van der Waals surface area contributed by atoms with Gasteiger partial charge < -0.3 is 18.4 Å². The fourth-order valence-electron chi connectivity index (χ4n) is 2.87. The van der Waals surface area contributed by atoms with Gasteiger partial charge in [-0.15, -0.1) is 0 Å². The number of ether oxygens (including phenoxy) is 2. The Morgan fingerprint density at radius 3 is 2.93 bits per heavy atom. The first kappa shape index (κ1) is 17.8. The van der Waals surface area contributed by atoms with Gasteiger partial charge >= 0.3 is 5.97 Å². The van der Waals surface area contributed by atoms with Crippen molar-refractivity contribution in [2.24, 2.45) is 0 Å². The average molecular weight is 378 g/mol. The normalized spacial score (nSPS) is 10.9. The zero-order valence-electron chi connectivity index (χ0n) is 15.5. The number of carbonyl (C=O) groups excluding carboxylic acids is 1. The maximum absolute atomic E-state index is 12.2. The van der Waals surface area contributed by atoms with Crippen LogP contribution in [0.25, 0.3) is 22.4 Å². The lowest BCUT2D eigenvalue weighted by molar-refractivity contribution is -0.144. The van der Waals surface area contributed by atoms with Gasteiger partial charge in [-0.25, -0.2) is 0 Å². The topological polar surface area (TPSA) is 87.6 Å². The predicted molar refractivity (Wildman–Crippen MR) is 101 cm³/mol. The predicted octanol–water partition coefficient (Wildman–Crippen LogP) is 4.09. The molecule has 4 aromatic rings. The molecule has 2 aromatic heterocycles. The van der Waals surface area contributed by atoms with Crippen LogP contribution in [-0.4, -0.2) is 23.2 Å². The van der Waals surface area contributed by atoms with Gasteiger partial charge in [0, 0.05) is 16.5 Å². The number of aromatic nitrogens is 2. The average Bonchev–Trinajstić information content (AvgIpc) is 3.33. The van der Waals surface area contributed by atoms with Crippen LogP contribution in [0.3, 0.4) is 0 Å². The molecule has 0 saturated heterocycles. The Hall–Kier alpha value is -3.61. The molecule has 7 heteroatoms. The van der Waals surface area contributed by atoms with E-state index in [1.54, 1.807) is 19.4 Å². The molecular weight excluding hydrogens is 360 g/mol. The number of furan rings is 1. The van der Waals surface area contributed by atoms with Crippen LogP contribution in [0, 0.1) is 6.92 Å². The zero-order valence-corrected chi connectivity index (χ0v) is 15.5. The minimum Gasteiger partial charge on any atom is -0.497 e. The number of esters is 1. The molecule has 0 aliphatic heterocycles. The van der Waals surface area contributed by atoms with Crippen molar-refractivity contribution in [2.45, 2.75) is 20.0 Å². The molecule has 142 valence electrons. The second-order valence-corrected chi connectivity index (χ2v) is 6.34. The molecule has 0 spiro atoms. The summed E-state index contributed by atoms with van der Waals surface area (Å²) in [5.41, 5.74) is 3.38. The Kier molecular flexibility index (Phi) is 4.80. The van der Waals surface area contributed by atoms with E-state index >= 15 is 0 Å². The third-order valence-electron chi connectivity index (χ3n) is 4.30. The van der Waals surface area contributed by atoms with Crippen LogP contribution < -0.4 is 4.74 Å². The number of fused-ring (bicyclic) bond motifs is 1. The molecule has 0 atom stereocenters. The van der Waals surface area contributed by atoms with Crippen LogP contribution in [0.4, 0.5) is 0 Å².